The first-order valence-corrected chi connectivity index (χ1v) is 7.52. The lowest BCUT2D eigenvalue weighted by Gasteiger charge is -2.21. The maximum Gasteiger partial charge on any atom is 0.307 e. The normalized spacial score (nSPS) is 12.9. The number of rotatable bonds is 6. The van der Waals surface area contributed by atoms with Crippen LogP contribution in [0, 0.1) is 0 Å². The summed E-state index contributed by atoms with van der Waals surface area (Å²) >= 11 is 3.33. The Labute approximate surface area is 137 Å². The third-order valence-corrected chi connectivity index (χ3v) is 3.53. The van der Waals surface area contributed by atoms with Gasteiger partial charge in [0.05, 0.1) is 19.6 Å². The number of amides is 2. The Morgan fingerprint density at radius 3 is 2.27 bits per heavy atom. The van der Waals surface area contributed by atoms with E-state index in [1.165, 1.54) is 14.0 Å². The van der Waals surface area contributed by atoms with Gasteiger partial charge in [-0.2, -0.15) is 0 Å². The van der Waals surface area contributed by atoms with Gasteiger partial charge in [-0.3, -0.25) is 14.4 Å². The molecule has 1 rings (SSSR count). The molecule has 0 saturated carbocycles. The summed E-state index contributed by atoms with van der Waals surface area (Å²) in [6.07, 6.45) is 0.0106. The van der Waals surface area contributed by atoms with Crippen molar-refractivity contribution in [2.45, 2.75) is 32.4 Å². The van der Waals surface area contributed by atoms with E-state index >= 15 is 0 Å². The van der Waals surface area contributed by atoms with Gasteiger partial charge in [-0.05, 0) is 24.6 Å². The lowest BCUT2D eigenvalue weighted by molar-refractivity contribution is -0.141. The highest BCUT2D eigenvalue weighted by Gasteiger charge is 2.22. The molecule has 6 nitrogen and oxygen atoms in total. The van der Waals surface area contributed by atoms with E-state index in [1.807, 2.05) is 12.1 Å². The number of benzene rings is 1. The summed E-state index contributed by atoms with van der Waals surface area (Å²) in [6.45, 7) is 2.91. The molecule has 22 heavy (non-hydrogen) atoms. The molecule has 2 N–H and O–H groups in total. The maximum atomic E-state index is 12.1. The van der Waals surface area contributed by atoms with Gasteiger partial charge in [-0.15, -0.1) is 0 Å². The molecule has 2 atom stereocenters. The third-order valence-electron chi connectivity index (χ3n) is 3.00. The van der Waals surface area contributed by atoms with Crippen molar-refractivity contribution in [3.05, 3.63) is 34.3 Å². The Morgan fingerprint density at radius 1 is 1.18 bits per heavy atom. The Hall–Kier alpha value is -1.89. The first kappa shape index (κ1) is 18.2. The number of esters is 1. The summed E-state index contributed by atoms with van der Waals surface area (Å²) in [6, 6.07) is 6.05. The summed E-state index contributed by atoms with van der Waals surface area (Å²) < 4.78 is 5.56. The molecule has 120 valence electrons. The fourth-order valence-corrected chi connectivity index (χ4v) is 2.13. The van der Waals surface area contributed by atoms with E-state index < -0.39 is 18.1 Å². The smallest absolute Gasteiger partial charge is 0.307 e. The minimum Gasteiger partial charge on any atom is -0.469 e. The van der Waals surface area contributed by atoms with E-state index in [4.69, 9.17) is 0 Å². The van der Waals surface area contributed by atoms with Crippen LogP contribution in [0.2, 0.25) is 0 Å². The van der Waals surface area contributed by atoms with Crippen molar-refractivity contribution in [1.82, 2.24) is 10.6 Å². The standard InChI is InChI=1S/C15H19BrN2O4/c1-9(17-10(2)19)15(21)18-13(8-14(20)22-3)11-4-6-12(16)7-5-11/h4-7,9,13H,8H2,1-3H3,(H,17,19)(H,18,21). The van der Waals surface area contributed by atoms with Gasteiger partial charge < -0.3 is 15.4 Å². The number of hydrogen-bond acceptors (Lipinski definition) is 4. The highest BCUT2D eigenvalue weighted by molar-refractivity contribution is 9.10. The monoisotopic (exact) mass is 370 g/mol. The molecule has 7 heteroatoms. The Balaban J connectivity index is 2.86. The topological polar surface area (TPSA) is 84.5 Å². The first-order valence-electron chi connectivity index (χ1n) is 6.73. The van der Waals surface area contributed by atoms with Crippen molar-refractivity contribution >= 4 is 33.7 Å². The quantitative estimate of drug-likeness (QED) is 0.746. The van der Waals surface area contributed by atoms with Crippen LogP contribution in [-0.2, 0) is 19.1 Å². The molecule has 0 fully saturated rings. The molecule has 1 aromatic carbocycles. The van der Waals surface area contributed by atoms with Crippen molar-refractivity contribution in [3.63, 3.8) is 0 Å². The van der Waals surface area contributed by atoms with E-state index in [2.05, 4.69) is 31.3 Å². The van der Waals surface area contributed by atoms with Gasteiger partial charge in [0.1, 0.15) is 6.04 Å². The van der Waals surface area contributed by atoms with Gasteiger partial charge in [0, 0.05) is 11.4 Å². The fraction of sp³-hybridized carbons (Fsp3) is 0.400. The van der Waals surface area contributed by atoms with E-state index in [1.54, 1.807) is 19.1 Å². The number of halogens is 1. The summed E-state index contributed by atoms with van der Waals surface area (Å²) in [5.41, 5.74) is 0.775. The number of ether oxygens (including phenoxy) is 1. The SMILES string of the molecule is COC(=O)CC(NC(=O)C(C)NC(C)=O)c1ccc(Br)cc1. The van der Waals surface area contributed by atoms with E-state index in [0.29, 0.717) is 0 Å². The van der Waals surface area contributed by atoms with Gasteiger partial charge in [0.25, 0.3) is 0 Å². The molecule has 0 radical (unpaired) electrons. The number of hydrogen-bond donors (Lipinski definition) is 2. The van der Waals surface area contributed by atoms with Crippen LogP contribution in [-0.4, -0.2) is 30.9 Å². The minimum atomic E-state index is -0.687. The predicted molar refractivity (Wildman–Crippen MR) is 84.9 cm³/mol. The van der Waals surface area contributed by atoms with E-state index in [9.17, 15) is 14.4 Å². The molecule has 0 spiro atoms. The molecule has 0 aliphatic carbocycles. The molecule has 1 aromatic rings. The van der Waals surface area contributed by atoms with Crippen molar-refractivity contribution in [2.75, 3.05) is 7.11 Å². The van der Waals surface area contributed by atoms with Gasteiger partial charge in [0.15, 0.2) is 0 Å². The number of nitrogens with one attached hydrogen (secondary N) is 2. The van der Waals surface area contributed by atoms with Crippen molar-refractivity contribution in [3.8, 4) is 0 Å². The van der Waals surface area contributed by atoms with Crippen LogP contribution in [0.5, 0.6) is 0 Å². The van der Waals surface area contributed by atoms with Crippen LogP contribution in [0.1, 0.15) is 31.9 Å². The van der Waals surface area contributed by atoms with Crippen LogP contribution in [0.15, 0.2) is 28.7 Å². The third kappa shape index (κ3) is 5.85. The van der Waals surface area contributed by atoms with Crippen molar-refractivity contribution < 1.29 is 19.1 Å². The highest BCUT2D eigenvalue weighted by Crippen LogP contribution is 2.20. The van der Waals surface area contributed by atoms with E-state index in [-0.39, 0.29) is 18.2 Å². The largest absolute Gasteiger partial charge is 0.469 e. The lowest BCUT2D eigenvalue weighted by atomic mass is 10.0. The fourth-order valence-electron chi connectivity index (χ4n) is 1.86. The molecular weight excluding hydrogens is 352 g/mol. The molecule has 0 saturated heterocycles. The van der Waals surface area contributed by atoms with Gasteiger partial charge in [-0.25, -0.2) is 0 Å². The van der Waals surface area contributed by atoms with Crippen molar-refractivity contribution in [1.29, 1.82) is 0 Å². The average molecular weight is 371 g/mol. The van der Waals surface area contributed by atoms with Crippen LogP contribution in [0.3, 0.4) is 0 Å². The zero-order valence-corrected chi connectivity index (χ0v) is 14.3. The van der Waals surface area contributed by atoms with Crippen LogP contribution >= 0.6 is 15.9 Å². The first-order chi connectivity index (χ1) is 10.3. The maximum absolute atomic E-state index is 12.1. The lowest BCUT2D eigenvalue weighted by Crippen LogP contribution is -2.45. The van der Waals surface area contributed by atoms with Crippen LogP contribution in [0.25, 0.3) is 0 Å². The zero-order valence-electron chi connectivity index (χ0n) is 12.7. The minimum absolute atomic E-state index is 0.0106. The van der Waals surface area contributed by atoms with Gasteiger partial charge in [0.2, 0.25) is 11.8 Å². The second-order valence-electron chi connectivity index (χ2n) is 4.82. The zero-order chi connectivity index (χ0) is 16.7. The Kier molecular flexibility index (Phi) is 7.04. The molecule has 2 unspecified atom stereocenters. The molecule has 0 aliphatic rings. The summed E-state index contributed by atoms with van der Waals surface area (Å²) in [4.78, 5) is 34.7. The molecular formula is C15H19BrN2O4. The second-order valence-corrected chi connectivity index (χ2v) is 5.73. The summed E-state index contributed by atoms with van der Waals surface area (Å²) in [5, 5.41) is 5.25. The van der Waals surface area contributed by atoms with Crippen LogP contribution in [0.4, 0.5) is 0 Å². The van der Waals surface area contributed by atoms with Crippen LogP contribution < -0.4 is 10.6 Å². The Bertz CT molecular complexity index is 545. The molecule has 2 amide bonds. The molecule has 0 aliphatic heterocycles. The number of carbonyl (C=O) groups excluding carboxylic acids is 3. The number of carbonyl (C=O) groups is 3. The Morgan fingerprint density at radius 2 is 1.77 bits per heavy atom. The van der Waals surface area contributed by atoms with E-state index in [0.717, 1.165) is 10.0 Å². The highest BCUT2D eigenvalue weighted by atomic mass is 79.9. The predicted octanol–water partition coefficient (Wildman–Crippen LogP) is 1.69. The second kappa shape index (κ2) is 8.53. The molecule has 0 heterocycles. The summed E-state index contributed by atoms with van der Waals surface area (Å²) in [7, 11) is 1.29. The average Bonchev–Trinajstić information content (AvgIpc) is 2.46. The molecule has 0 aromatic heterocycles. The van der Waals surface area contributed by atoms with Gasteiger partial charge in [-0.1, -0.05) is 28.1 Å². The number of methoxy groups -OCH3 is 1. The van der Waals surface area contributed by atoms with Gasteiger partial charge >= 0.3 is 5.97 Å². The van der Waals surface area contributed by atoms with Crippen molar-refractivity contribution in [2.24, 2.45) is 0 Å². The summed E-state index contributed by atoms with van der Waals surface area (Å²) in [5.74, 6) is -1.09. The molecule has 0 bridgehead atoms.